The molecule has 0 N–H and O–H groups in total. The Labute approximate surface area is 162 Å². The monoisotopic (exact) mass is 384 g/mol. The van der Waals surface area contributed by atoms with Gasteiger partial charge in [-0.15, -0.1) is 11.3 Å². The van der Waals surface area contributed by atoms with Gasteiger partial charge < -0.3 is 9.64 Å². The van der Waals surface area contributed by atoms with Crippen LogP contribution in [0.5, 0.6) is 5.75 Å². The Morgan fingerprint density at radius 3 is 2.56 bits per heavy atom. The van der Waals surface area contributed by atoms with Gasteiger partial charge in [-0.1, -0.05) is 30.3 Å². The molecule has 0 saturated carbocycles. The van der Waals surface area contributed by atoms with E-state index in [1.54, 1.807) is 22.4 Å². The molecule has 0 aliphatic rings. The summed E-state index contributed by atoms with van der Waals surface area (Å²) >= 11 is 1.26. The standard InChI is InChI=1S/C21H21FN2O2S/c1-3-24(4-2)21(25)19-14-27-20(23-19)17-11-10-16(12-18(17)22)26-13-15-8-6-5-7-9-15/h5-12,14H,3-4,13H2,1-2H3. The van der Waals surface area contributed by atoms with Crippen LogP contribution in [-0.4, -0.2) is 28.9 Å². The van der Waals surface area contributed by atoms with E-state index in [0.29, 0.717) is 41.7 Å². The molecular weight excluding hydrogens is 363 g/mol. The van der Waals surface area contributed by atoms with Gasteiger partial charge in [0.25, 0.3) is 5.91 Å². The SMILES string of the molecule is CCN(CC)C(=O)c1csc(-c2ccc(OCc3ccccc3)cc2F)n1. The van der Waals surface area contributed by atoms with Crippen molar-refractivity contribution in [3.63, 3.8) is 0 Å². The molecule has 3 aromatic rings. The fraction of sp³-hybridized carbons (Fsp3) is 0.238. The van der Waals surface area contributed by atoms with Crippen molar-refractivity contribution in [1.29, 1.82) is 0 Å². The first-order chi connectivity index (χ1) is 13.1. The zero-order valence-corrected chi connectivity index (χ0v) is 16.1. The summed E-state index contributed by atoms with van der Waals surface area (Å²) in [6, 6.07) is 14.4. The summed E-state index contributed by atoms with van der Waals surface area (Å²) < 4.78 is 20.2. The van der Waals surface area contributed by atoms with Crippen molar-refractivity contribution in [2.45, 2.75) is 20.5 Å². The molecule has 2 aromatic carbocycles. The number of carbonyl (C=O) groups is 1. The van der Waals surface area contributed by atoms with Crippen molar-refractivity contribution >= 4 is 17.2 Å². The maximum Gasteiger partial charge on any atom is 0.273 e. The molecule has 6 heteroatoms. The molecule has 0 unspecified atom stereocenters. The highest BCUT2D eigenvalue weighted by molar-refractivity contribution is 7.13. The molecule has 4 nitrogen and oxygen atoms in total. The van der Waals surface area contributed by atoms with Gasteiger partial charge in [-0.3, -0.25) is 4.79 Å². The molecule has 0 aliphatic heterocycles. The van der Waals surface area contributed by atoms with Gasteiger partial charge in [0.05, 0.1) is 0 Å². The van der Waals surface area contributed by atoms with Crippen LogP contribution in [0.15, 0.2) is 53.9 Å². The molecule has 0 bridgehead atoms. The number of rotatable bonds is 7. The number of ether oxygens (including phenoxy) is 1. The van der Waals surface area contributed by atoms with Crippen molar-refractivity contribution in [3.8, 4) is 16.3 Å². The highest BCUT2D eigenvalue weighted by Crippen LogP contribution is 2.29. The van der Waals surface area contributed by atoms with E-state index in [4.69, 9.17) is 4.74 Å². The first-order valence-corrected chi connectivity index (χ1v) is 9.71. The Hall–Kier alpha value is -2.73. The Morgan fingerprint density at radius 2 is 1.89 bits per heavy atom. The van der Waals surface area contributed by atoms with E-state index in [-0.39, 0.29) is 5.91 Å². The van der Waals surface area contributed by atoms with Crippen LogP contribution in [0.25, 0.3) is 10.6 Å². The van der Waals surface area contributed by atoms with Gasteiger partial charge in [-0.25, -0.2) is 9.37 Å². The predicted octanol–water partition coefficient (Wildman–Crippen LogP) is 5.01. The third kappa shape index (κ3) is 4.52. The van der Waals surface area contributed by atoms with Crippen LogP contribution in [0.3, 0.4) is 0 Å². The summed E-state index contributed by atoms with van der Waals surface area (Å²) in [5, 5.41) is 2.16. The van der Waals surface area contributed by atoms with Gasteiger partial charge in [-0.2, -0.15) is 0 Å². The lowest BCUT2D eigenvalue weighted by atomic mass is 10.2. The number of hydrogen-bond donors (Lipinski definition) is 0. The second kappa shape index (κ2) is 8.77. The van der Waals surface area contributed by atoms with Gasteiger partial charge in [0, 0.05) is 30.1 Å². The van der Waals surface area contributed by atoms with Crippen molar-refractivity contribution in [1.82, 2.24) is 9.88 Å². The number of aromatic nitrogens is 1. The van der Waals surface area contributed by atoms with Crippen LogP contribution in [0.2, 0.25) is 0 Å². The van der Waals surface area contributed by atoms with E-state index in [1.165, 1.54) is 17.4 Å². The quantitative estimate of drug-likeness (QED) is 0.575. The first-order valence-electron chi connectivity index (χ1n) is 8.83. The molecule has 3 rings (SSSR count). The van der Waals surface area contributed by atoms with E-state index in [9.17, 15) is 9.18 Å². The molecule has 0 aliphatic carbocycles. The second-order valence-electron chi connectivity index (χ2n) is 5.93. The lowest BCUT2D eigenvalue weighted by Gasteiger charge is -2.16. The van der Waals surface area contributed by atoms with Gasteiger partial charge >= 0.3 is 0 Å². The molecule has 1 aromatic heterocycles. The van der Waals surface area contributed by atoms with Crippen molar-refractivity contribution < 1.29 is 13.9 Å². The van der Waals surface area contributed by atoms with E-state index in [2.05, 4.69) is 4.98 Å². The van der Waals surface area contributed by atoms with Crippen molar-refractivity contribution in [3.05, 3.63) is 71.0 Å². The highest BCUT2D eigenvalue weighted by atomic mass is 32.1. The van der Waals surface area contributed by atoms with Crippen molar-refractivity contribution in [2.24, 2.45) is 0 Å². The molecule has 0 saturated heterocycles. The van der Waals surface area contributed by atoms with Crippen molar-refractivity contribution in [2.75, 3.05) is 13.1 Å². The number of amides is 1. The van der Waals surface area contributed by atoms with Crippen LogP contribution in [0.1, 0.15) is 29.9 Å². The molecular formula is C21H21FN2O2S. The Kier molecular flexibility index (Phi) is 6.19. The number of hydrogen-bond acceptors (Lipinski definition) is 4. The number of carbonyl (C=O) groups excluding carboxylic acids is 1. The zero-order valence-electron chi connectivity index (χ0n) is 15.3. The third-order valence-electron chi connectivity index (χ3n) is 4.19. The summed E-state index contributed by atoms with van der Waals surface area (Å²) in [5.74, 6) is -0.0985. The third-order valence-corrected chi connectivity index (χ3v) is 5.07. The summed E-state index contributed by atoms with van der Waals surface area (Å²) in [5.41, 5.74) is 1.73. The summed E-state index contributed by atoms with van der Waals surface area (Å²) in [4.78, 5) is 18.4. The van der Waals surface area contributed by atoms with Gasteiger partial charge in [0.15, 0.2) is 0 Å². The summed E-state index contributed by atoms with van der Waals surface area (Å²) in [6.07, 6.45) is 0. The van der Waals surface area contributed by atoms with E-state index >= 15 is 0 Å². The normalized spacial score (nSPS) is 10.6. The Balaban J connectivity index is 1.73. The smallest absolute Gasteiger partial charge is 0.273 e. The topological polar surface area (TPSA) is 42.4 Å². The Bertz CT molecular complexity index is 908. The van der Waals surface area contributed by atoms with Crippen LogP contribution >= 0.6 is 11.3 Å². The van der Waals surface area contributed by atoms with E-state index in [1.807, 2.05) is 44.2 Å². The minimum absolute atomic E-state index is 0.134. The minimum atomic E-state index is -0.420. The van der Waals surface area contributed by atoms with Crippen LogP contribution in [0.4, 0.5) is 4.39 Å². The number of halogens is 1. The maximum atomic E-state index is 14.6. The minimum Gasteiger partial charge on any atom is -0.489 e. The summed E-state index contributed by atoms with van der Waals surface area (Å²) in [6.45, 7) is 5.44. The molecule has 0 fully saturated rings. The van der Waals surface area contributed by atoms with Gasteiger partial charge in [0.2, 0.25) is 0 Å². The molecule has 1 amide bonds. The lowest BCUT2D eigenvalue weighted by molar-refractivity contribution is 0.0768. The maximum absolute atomic E-state index is 14.6. The average molecular weight is 384 g/mol. The number of nitrogens with zero attached hydrogens (tertiary/aromatic N) is 2. The number of thiazole rings is 1. The lowest BCUT2D eigenvalue weighted by Crippen LogP contribution is -2.30. The summed E-state index contributed by atoms with van der Waals surface area (Å²) in [7, 11) is 0. The van der Waals surface area contributed by atoms with Gasteiger partial charge in [0.1, 0.15) is 28.9 Å². The molecule has 0 radical (unpaired) electrons. The van der Waals surface area contributed by atoms with Crippen LogP contribution < -0.4 is 4.74 Å². The largest absolute Gasteiger partial charge is 0.489 e. The van der Waals surface area contributed by atoms with Crippen LogP contribution in [0, 0.1) is 5.82 Å². The molecule has 1 heterocycles. The molecule has 27 heavy (non-hydrogen) atoms. The predicted molar refractivity (Wildman–Crippen MR) is 106 cm³/mol. The molecule has 140 valence electrons. The first kappa shape index (κ1) is 19.0. The van der Waals surface area contributed by atoms with Crippen LogP contribution in [-0.2, 0) is 6.61 Å². The molecule has 0 spiro atoms. The zero-order chi connectivity index (χ0) is 19.2. The Morgan fingerprint density at radius 1 is 1.15 bits per heavy atom. The fourth-order valence-corrected chi connectivity index (χ4v) is 3.49. The fourth-order valence-electron chi connectivity index (χ4n) is 2.67. The second-order valence-corrected chi connectivity index (χ2v) is 6.79. The number of benzene rings is 2. The van der Waals surface area contributed by atoms with E-state index < -0.39 is 5.82 Å². The highest BCUT2D eigenvalue weighted by Gasteiger charge is 2.18. The average Bonchev–Trinajstić information content (AvgIpc) is 3.18. The van der Waals surface area contributed by atoms with Gasteiger partial charge in [-0.05, 0) is 31.5 Å². The molecule has 0 atom stereocenters. The van der Waals surface area contributed by atoms with E-state index in [0.717, 1.165) is 5.56 Å².